The normalized spacial score (nSPS) is 14.5. The summed E-state index contributed by atoms with van der Waals surface area (Å²) in [5.41, 5.74) is 3.06. The van der Waals surface area contributed by atoms with Crippen LogP contribution in [0.3, 0.4) is 0 Å². The Balaban J connectivity index is 1.78. The van der Waals surface area contributed by atoms with Gasteiger partial charge in [0.05, 0.1) is 31.0 Å². The third kappa shape index (κ3) is 3.17. The number of methoxy groups -OCH3 is 1. The number of carbonyl (C=O) groups is 1. The van der Waals surface area contributed by atoms with Crippen molar-refractivity contribution in [2.45, 2.75) is 25.9 Å². The van der Waals surface area contributed by atoms with Crippen LogP contribution in [-0.2, 0) is 22.6 Å². The van der Waals surface area contributed by atoms with E-state index in [2.05, 4.69) is 16.1 Å². The minimum absolute atomic E-state index is 0.141. The molecule has 1 aliphatic rings. The number of pyridine rings is 1. The Kier molecular flexibility index (Phi) is 4.48. The second-order valence-electron chi connectivity index (χ2n) is 5.39. The zero-order valence-corrected chi connectivity index (χ0v) is 12.7. The van der Waals surface area contributed by atoms with E-state index in [0.29, 0.717) is 19.6 Å². The fraction of sp³-hybridized carbons (Fsp3) is 0.438. The summed E-state index contributed by atoms with van der Waals surface area (Å²) in [4.78, 5) is 18.1. The molecule has 2 aromatic heterocycles. The van der Waals surface area contributed by atoms with Gasteiger partial charge in [-0.1, -0.05) is 0 Å². The summed E-state index contributed by atoms with van der Waals surface area (Å²) in [7, 11) is 1.62. The SMILES string of the molecule is COCCC(=O)N1CCCn2nc(-c3ccncc3)cc2C1. The molecule has 0 saturated carbocycles. The van der Waals surface area contributed by atoms with Crippen molar-refractivity contribution >= 4 is 5.91 Å². The highest BCUT2D eigenvalue weighted by molar-refractivity contribution is 5.76. The van der Waals surface area contributed by atoms with Crippen LogP contribution in [0.25, 0.3) is 11.3 Å². The summed E-state index contributed by atoms with van der Waals surface area (Å²) in [6, 6.07) is 5.96. The molecule has 0 aromatic carbocycles. The predicted octanol–water partition coefficient (Wildman–Crippen LogP) is 1.71. The molecule has 0 fully saturated rings. The molecule has 1 amide bonds. The highest BCUT2D eigenvalue weighted by Gasteiger charge is 2.20. The van der Waals surface area contributed by atoms with Gasteiger partial charge in [0.25, 0.3) is 0 Å². The van der Waals surface area contributed by atoms with E-state index in [1.807, 2.05) is 21.7 Å². The summed E-state index contributed by atoms with van der Waals surface area (Å²) in [5, 5.41) is 4.66. The molecule has 0 unspecified atom stereocenters. The topological polar surface area (TPSA) is 60.2 Å². The van der Waals surface area contributed by atoms with Gasteiger partial charge in [0.1, 0.15) is 0 Å². The van der Waals surface area contributed by atoms with Gasteiger partial charge >= 0.3 is 0 Å². The van der Waals surface area contributed by atoms with Crippen molar-refractivity contribution < 1.29 is 9.53 Å². The van der Waals surface area contributed by atoms with Crippen molar-refractivity contribution in [3.8, 4) is 11.3 Å². The number of fused-ring (bicyclic) bond motifs is 1. The van der Waals surface area contributed by atoms with Crippen molar-refractivity contribution in [3.63, 3.8) is 0 Å². The van der Waals surface area contributed by atoms with Gasteiger partial charge in [-0.05, 0) is 24.6 Å². The van der Waals surface area contributed by atoms with E-state index in [4.69, 9.17) is 4.74 Å². The summed E-state index contributed by atoms with van der Waals surface area (Å²) >= 11 is 0. The van der Waals surface area contributed by atoms with Crippen molar-refractivity contribution in [2.24, 2.45) is 0 Å². The lowest BCUT2D eigenvalue weighted by Crippen LogP contribution is -2.31. The third-order valence-electron chi connectivity index (χ3n) is 3.86. The van der Waals surface area contributed by atoms with Gasteiger partial charge in [-0.3, -0.25) is 14.5 Å². The largest absolute Gasteiger partial charge is 0.384 e. The quantitative estimate of drug-likeness (QED) is 0.862. The van der Waals surface area contributed by atoms with E-state index in [9.17, 15) is 4.79 Å². The maximum absolute atomic E-state index is 12.2. The van der Waals surface area contributed by atoms with Crippen LogP contribution in [0, 0.1) is 0 Å². The number of nitrogens with zero attached hydrogens (tertiary/aromatic N) is 4. The van der Waals surface area contributed by atoms with Crippen molar-refractivity contribution in [2.75, 3.05) is 20.3 Å². The van der Waals surface area contributed by atoms with Crippen molar-refractivity contribution in [3.05, 3.63) is 36.3 Å². The predicted molar refractivity (Wildman–Crippen MR) is 82.0 cm³/mol. The molecule has 0 N–H and O–H groups in total. The molecule has 2 aromatic rings. The lowest BCUT2D eigenvalue weighted by molar-refractivity contribution is -0.132. The molecule has 0 bridgehead atoms. The molecule has 0 radical (unpaired) electrons. The zero-order valence-electron chi connectivity index (χ0n) is 12.7. The first-order valence-electron chi connectivity index (χ1n) is 7.52. The van der Waals surface area contributed by atoms with Gasteiger partial charge < -0.3 is 9.64 Å². The van der Waals surface area contributed by atoms with Crippen LogP contribution in [-0.4, -0.2) is 45.8 Å². The van der Waals surface area contributed by atoms with Gasteiger partial charge in [-0.15, -0.1) is 0 Å². The summed E-state index contributed by atoms with van der Waals surface area (Å²) in [5.74, 6) is 0.141. The average molecular weight is 300 g/mol. The smallest absolute Gasteiger partial charge is 0.225 e. The number of amides is 1. The standard InChI is InChI=1S/C16H20N4O2/c1-22-10-5-16(21)19-8-2-9-20-14(12-19)11-15(18-20)13-3-6-17-7-4-13/h3-4,6-7,11H,2,5,8-10,12H2,1H3. The number of ether oxygens (including phenoxy) is 1. The molecule has 116 valence electrons. The van der Waals surface area contributed by atoms with E-state index in [-0.39, 0.29) is 5.91 Å². The molecule has 0 spiro atoms. The molecule has 0 aliphatic carbocycles. The Bertz CT molecular complexity index is 639. The van der Waals surface area contributed by atoms with Gasteiger partial charge in [0.2, 0.25) is 5.91 Å². The number of aromatic nitrogens is 3. The maximum atomic E-state index is 12.2. The lowest BCUT2D eigenvalue weighted by Gasteiger charge is -2.19. The number of carbonyl (C=O) groups excluding carboxylic acids is 1. The molecule has 6 nitrogen and oxygen atoms in total. The zero-order chi connectivity index (χ0) is 15.4. The van der Waals surface area contributed by atoms with E-state index in [0.717, 1.165) is 36.5 Å². The Morgan fingerprint density at radius 1 is 1.32 bits per heavy atom. The molecule has 0 saturated heterocycles. The van der Waals surface area contributed by atoms with Crippen LogP contribution in [0.5, 0.6) is 0 Å². The van der Waals surface area contributed by atoms with E-state index >= 15 is 0 Å². The Morgan fingerprint density at radius 2 is 2.14 bits per heavy atom. The van der Waals surface area contributed by atoms with Crippen molar-refractivity contribution in [1.29, 1.82) is 0 Å². The monoisotopic (exact) mass is 300 g/mol. The first-order valence-corrected chi connectivity index (χ1v) is 7.52. The molecular weight excluding hydrogens is 280 g/mol. The average Bonchev–Trinajstić information content (AvgIpc) is 2.85. The van der Waals surface area contributed by atoms with Crippen LogP contribution in [0.2, 0.25) is 0 Å². The van der Waals surface area contributed by atoms with Gasteiger partial charge in [-0.2, -0.15) is 5.10 Å². The molecule has 3 heterocycles. The number of hydrogen-bond donors (Lipinski definition) is 0. The number of hydrogen-bond acceptors (Lipinski definition) is 4. The van der Waals surface area contributed by atoms with E-state index in [1.54, 1.807) is 19.5 Å². The highest BCUT2D eigenvalue weighted by atomic mass is 16.5. The second kappa shape index (κ2) is 6.70. The van der Waals surface area contributed by atoms with Crippen molar-refractivity contribution in [1.82, 2.24) is 19.7 Å². The third-order valence-corrected chi connectivity index (χ3v) is 3.86. The minimum Gasteiger partial charge on any atom is -0.384 e. The van der Waals surface area contributed by atoms with E-state index < -0.39 is 0 Å². The van der Waals surface area contributed by atoms with Crippen LogP contribution in [0.15, 0.2) is 30.6 Å². The molecule has 0 atom stereocenters. The number of rotatable bonds is 4. The fourth-order valence-corrected chi connectivity index (χ4v) is 2.69. The molecular formula is C16H20N4O2. The molecule has 22 heavy (non-hydrogen) atoms. The first kappa shape index (κ1) is 14.7. The van der Waals surface area contributed by atoms with Crippen LogP contribution in [0.4, 0.5) is 0 Å². The lowest BCUT2D eigenvalue weighted by atomic mass is 10.2. The Morgan fingerprint density at radius 3 is 2.91 bits per heavy atom. The van der Waals surface area contributed by atoms with Gasteiger partial charge in [0, 0.05) is 38.2 Å². The summed E-state index contributed by atoms with van der Waals surface area (Å²) in [6.07, 6.45) is 4.88. The first-order chi connectivity index (χ1) is 10.8. The summed E-state index contributed by atoms with van der Waals surface area (Å²) in [6.45, 7) is 2.70. The maximum Gasteiger partial charge on any atom is 0.225 e. The minimum atomic E-state index is 0.141. The van der Waals surface area contributed by atoms with Gasteiger partial charge in [-0.25, -0.2) is 0 Å². The second-order valence-corrected chi connectivity index (χ2v) is 5.39. The Labute approximate surface area is 129 Å². The highest BCUT2D eigenvalue weighted by Crippen LogP contribution is 2.21. The Hall–Kier alpha value is -2.21. The summed E-state index contributed by atoms with van der Waals surface area (Å²) < 4.78 is 7.01. The van der Waals surface area contributed by atoms with Gasteiger partial charge in [0.15, 0.2) is 0 Å². The van der Waals surface area contributed by atoms with Crippen LogP contribution < -0.4 is 0 Å². The molecule has 6 heteroatoms. The van der Waals surface area contributed by atoms with E-state index in [1.165, 1.54) is 0 Å². The fourth-order valence-electron chi connectivity index (χ4n) is 2.69. The molecule has 3 rings (SSSR count). The van der Waals surface area contributed by atoms with Crippen LogP contribution in [0.1, 0.15) is 18.5 Å². The van der Waals surface area contributed by atoms with Crippen LogP contribution >= 0.6 is 0 Å². The number of aryl methyl sites for hydroxylation is 1. The molecule has 1 aliphatic heterocycles.